The van der Waals surface area contributed by atoms with Gasteiger partial charge in [-0.3, -0.25) is 19.7 Å². The molecule has 0 saturated carbocycles. The Hall–Kier alpha value is -3.22. The molecule has 0 spiro atoms. The van der Waals surface area contributed by atoms with Crippen LogP contribution in [0, 0.1) is 10.1 Å². The minimum absolute atomic E-state index is 0.0301. The Morgan fingerprint density at radius 1 is 0.818 bits per heavy atom. The second-order valence-electron chi connectivity index (χ2n) is 9.40. The van der Waals surface area contributed by atoms with Gasteiger partial charge >= 0.3 is 0 Å². The van der Waals surface area contributed by atoms with Crippen LogP contribution in [0.3, 0.4) is 0 Å². The van der Waals surface area contributed by atoms with Crippen molar-refractivity contribution in [3.63, 3.8) is 0 Å². The fraction of sp³-hybridized carbons (Fsp3) is 0.462. The lowest BCUT2D eigenvalue weighted by Crippen LogP contribution is -2.16. The summed E-state index contributed by atoms with van der Waals surface area (Å²) in [6.45, 7) is 15.6. The van der Waals surface area contributed by atoms with Crippen LogP contribution in [0.1, 0.15) is 79.4 Å². The molecule has 2 rings (SSSR count). The van der Waals surface area contributed by atoms with Crippen LogP contribution in [0.4, 0.5) is 17.1 Å². The fourth-order valence-corrected chi connectivity index (χ4v) is 3.02. The highest BCUT2D eigenvalue weighted by Gasteiger charge is 2.23. The summed E-state index contributed by atoms with van der Waals surface area (Å²) >= 11 is 0. The Morgan fingerprint density at radius 2 is 1.27 bits per heavy atom. The number of hydrogen-bond acceptors (Lipinski definition) is 4. The Labute approximate surface area is 197 Å². The van der Waals surface area contributed by atoms with Crippen LogP contribution >= 0.6 is 0 Å². The summed E-state index contributed by atoms with van der Waals surface area (Å²) in [5.41, 5.74) is 3.31. The second-order valence-corrected chi connectivity index (χ2v) is 9.40. The number of nitro benzene ring substituents is 1. The van der Waals surface area contributed by atoms with Crippen LogP contribution in [0.25, 0.3) is 0 Å². The lowest BCUT2D eigenvalue weighted by atomic mass is 9.82. The van der Waals surface area contributed by atoms with Crippen LogP contribution in [-0.4, -0.2) is 16.7 Å². The first-order valence-electron chi connectivity index (χ1n) is 11.2. The molecule has 7 heteroatoms. The third-order valence-corrected chi connectivity index (χ3v) is 6.04. The number of hydrogen-bond donors (Lipinski definition) is 2. The second kappa shape index (κ2) is 11.6. The summed E-state index contributed by atoms with van der Waals surface area (Å²) < 4.78 is 0. The van der Waals surface area contributed by atoms with E-state index in [0.717, 1.165) is 24.1 Å². The Kier molecular flexibility index (Phi) is 9.77. The summed E-state index contributed by atoms with van der Waals surface area (Å²) in [6.07, 6.45) is 1.98. The van der Waals surface area contributed by atoms with E-state index in [-0.39, 0.29) is 34.0 Å². The largest absolute Gasteiger partial charge is 0.326 e. The van der Waals surface area contributed by atoms with Gasteiger partial charge in [-0.2, -0.15) is 0 Å². The van der Waals surface area contributed by atoms with Gasteiger partial charge in [0.05, 0.1) is 4.92 Å². The van der Waals surface area contributed by atoms with Crippen molar-refractivity contribution >= 4 is 28.9 Å². The molecule has 0 radical (unpaired) electrons. The van der Waals surface area contributed by atoms with Crippen molar-refractivity contribution in [2.75, 3.05) is 10.6 Å². The Bertz CT molecular complexity index is 980. The van der Waals surface area contributed by atoms with Crippen LogP contribution < -0.4 is 10.6 Å². The number of rotatable bonds is 7. The smallest absolute Gasteiger partial charge is 0.293 e. The van der Waals surface area contributed by atoms with E-state index in [1.807, 2.05) is 39.0 Å². The topological polar surface area (TPSA) is 101 Å². The average Bonchev–Trinajstić information content (AvgIpc) is 2.73. The van der Waals surface area contributed by atoms with Gasteiger partial charge in [0, 0.05) is 25.6 Å². The predicted molar refractivity (Wildman–Crippen MR) is 135 cm³/mol. The first-order chi connectivity index (χ1) is 15.2. The molecule has 0 heterocycles. The summed E-state index contributed by atoms with van der Waals surface area (Å²) in [6, 6.07) is 13.0. The molecule has 2 N–H and O–H groups in total. The van der Waals surface area contributed by atoms with E-state index >= 15 is 0 Å². The van der Waals surface area contributed by atoms with Gasteiger partial charge in [0.2, 0.25) is 11.8 Å². The van der Waals surface area contributed by atoms with E-state index in [4.69, 9.17) is 0 Å². The van der Waals surface area contributed by atoms with Gasteiger partial charge in [-0.1, -0.05) is 59.7 Å². The fourth-order valence-electron chi connectivity index (χ4n) is 3.02. The molecule has 0 fully saturated rings. The molecule has 0 aliphatic rings. The quantitative estimate of drug-likeness (QED) is 0.364. The normalized spacial score (nSPS) is 11.2. The lowest BCUT2D eigenvalue weighted by Gasteiger charge is -2.23. The Balaban J connectivity index is 0.000000335. The van der Waals surface area contributed by atoms with Gasteiger partial charge < -0.3 is 10.6 Å². The lowest BCUT2D eigenvalue weighted by molar-refractivity contribution is -0.384. The number of benzene rings is 2. The monoisotopic (exact) mass is 455 g/mol. The molecule has 0 saturated heterocycles. The van der Waals surface area contributed by atoms with E-state index in [1.165, 1.54) is 25.5 Å². The molecule has 2 amide bonds. The van der Waals surface area contributed by atoms with E-state index in [2.05, 4.69) is 43.5 Å². The van der Waals surface area contributed by atoms with Crippen LogP contribution in [0.2, 0.25) is 0 Å². The number of anilines is 2. The van der Waals surface area contributed by atoms with E-state index in [0.29, 0.717) is 0 Å². The van der Waals surface area contributed by atoms with Gasteiger partial charge in [0.1, 0.15) is 5.69 Å². The van der Waals surface area contributed by atoms with Crippen molar-refractivity contribution in [3.05, 3.63) is 63.7 Å². The molecular weight excluding hydrogens is 418 g/mol. The Morgan fingerprint density at radius 3 is 1.70 bits per heavy atom. The van der Waals surface area contributed by atoms with Gasteiger partial charge in [-0.05, 0) is 53.0 Å². The summed E-state index contributed by atoms with van der Waals surface area (Å²) in [4.78, 5) is 32.4. The van der Waals surface area contributed by atoms with Crippen molar-refractivity contribution < 1.29 is 14.5 Å². The SMILES string of the molecule is CCC(C)(C)c1ccc(NC(C)=O)c([N+](=O)[O-])c1.CCC(C)(C)c1ccc(NC(C)=O)cc1. The predicted octanol–water partition coefficient (Wildman–Crippen LogP) is 6.57. The van der Waals surface area contributed by atoms with Crippen molar-refractivity contribution in [3.8, 4) is 0 Å². The summed E-state index contributed by atoms with van der Waals surface area (Å²) in [7, 11) is 0. The highest BCUT2D eigenvalue weighted by molar-refractivity contribution is 5.91. The zero-order chi connectivity index (χ0) is 25.4. The van der Waals surface area contributed by atoms with E-state index < -0.39 is 4.92 Å². The minimum atomic E-state index is -0.472. The highest BCUT2D eigenvalue weighted by Crippen LogP contribution is 2.33. The van der Waals surface area contributed by atoms with Gasteiger partial charge in [-0.15, -0.1) is 0 Å². The number of nitro groups is 1. The molecule has 0 aliphatic carbocycles. The molecule has 0 aromatic heterocycles. The standard InChI is InChI=1S/C13H18N2O3.C13H19NO/c1-5-13(3,4)10-6-7-11(14-9(2)16)12(8-10)15(17)18;1-5-13(3,4)11-6-8-12(9-7-11)14-10(2)15/h6-8H,5H2,1-4H3,(H,14,16);6-9H,5H2,1-4H3,(H,14,15). The van der Waals surface area contributed by atoms with Crippen molar-refractivity contribution in [1.29, 1.82) is 0 Å². The zero-order valence-electron chi connectivity index (χ0n) is 21.0. The maximum atomic E-state index is 11.0. The molecule has 0 bridgehead atoms. The first kappa shape index (κ1) is 27.8. The number of carbonyl (C=O) groups excluding carboxylic acids is 2. The van der Waals surface area contributed by atoms with Gasteiger partial charge in [0.15, 0.2) is 0 Å². The van der Waals surface area contributed by atoms with Crippen LogP contribution in [-0.2, 0) is 20.4 Å². The number of amides is 2. The molecule has 7 nitrogen and oxygen atoms in total. The number of nitrogens with zero attached hydrogens (tertiary/aromatic N) is 1. The molecule has 2 aromatic rings. The summed E-state index contributed by atoms with van der Waals surface area (Å²) in [5, 5.41) is 16.3. The van der Waals surface area contributed by atoms with E-state index in [9.17, 15) is 19.7 Å². The van der Waals surface area contributed by atoms with Crippen molar-refractivity contribution in [2.45, 2.75) is 79.1 Å². The molecule has 0 unspecified atom stereocenters. The highest BCUT2D eigenvalue weighted by atomic mass is 16.6. The minimum Gasteiger partial charge on any atom is -0.326 e. The maximum absolute atomic E-state index is 11.0. The first-order valence-corrected chi connectivity index (χ1v) is 11.2. The van der Waals surface area contributed by atoms with E-state index in [1.54, 1.807) is 6.07 Å². The van der Waals surface area contributed by atoms with Crippen LogP contribution in [0.5, 0.6) is 0 Å². The molecule has 0 atom stereocenters. The van der Waals surface area contributed by atoms with Crippen molar-refractivity contribution in [1.82, 2.24) is 0 Å². The zero-order valence-corrected chi connectivity index (χ0v) is 21.0. The maximum Gasteiger partial charge on any atom is 0.293 e. The van der Waals surface area contributed by atoms with Crippen LogP contribution in [0.15, 0.2) is 42.5 Å². The third-order valence-electron chi connectivity index (χ3n) is 6.04. The molecule has 2 aromatic carbocycles. The number of nitrogens with one attached hydrogen (secondary N) is 2. The third kappa shape index (κ3) is 8.33. The van der Waals surface area contributed by atoms with Gasteiger partial charge in [-0.25, -0.2) is 0 Å². The molecule has 0 aliphatic heterocycles. The molecular formula is C26H37N3O4. The molecule has 180 valence electrons. The van der Waals surface area contributed by atoms with Crippen molar-refractivity contribution in [2.24, 2.45) is 0 Å². The van der Waals surface area contributed by atoms with Gasteiger partial charge in [0.25, 0.3) is 5.69 Å². The average molecular weight is 456 g/mol. The summed E-state index contributed by atoms with van der Waals surface area (Å²) in [5.74, 6) is -0.349. The number of carbonyl (C=O) groups is 2. The molecule has 33 heavy (non-hydrogen) atoms.